The van der Waals surface area contributed by atoms with Gasteiger partial charge in [-0.2, -0.15) is 0 Å². The summed E-state index contributed by atoms with van der Waals surface area (Å²) in [5.41, 5.74) is 1.65. The number of nitrogens with zero attached hydrogens (tertiary/aromatic N) is 1. The monoisotopic (exact) mass is 358 g/mol. The molecule has 0 aromatic heterocycles. The summed E-state index contributed by atoms with van der Waals surface area (Å²) in [7, 11) is 0. The third-order valence-corrected chi connectivity index (χ3v) is 5.05. The van der Waals surface area contributed by atoms with E-state index in [9.17, 15) is 14.6 Å². The van der Waals surface area contributed by atoms with Crippen molar-refractivity contribution in [1.29, 1.82) is 0 Å². The number of likely N-dealkylation sites (tertiary alicyclic amines) is 1. The Balaban J connectivity index is 1.78. The van der Waals surface area contributed by atoms with Crippen LogP contribution in [0.15, 0.2) is 54.6 Å². The third kappa shape index (κ3) is 4.89. The van der Waals surface area contributed by atoms with Gasteiger partial charge in [-0.25, -0.2) is 4.39 Å². The minimum absolute atomic E-state index is 0.0589. The second-order valence-corrected chi connectivity index (χ2v) is 6.92. The average molecular weight is 358 g/mol. The maximum Gasteiger partial charge on any atom is 0.123 e. The smallest absolute Gasteiger partial charge is 0.123 e. The molecule has 1 aliphatic rings. The van der Waals surface area contributed by atoms with Crippen molar-refractivity contribution in [2.24, 2.45) is 0 Å². The zero-order chi connectivity index (χ0) is 18.4. The molecule has 140 valence electrons. The molecule has 3 rings (SSSR count). The minimum atomic E-state index is -0.783. The molecule has 0 aliphatic carbocycles. The van der Waals surface area contributed by atoms with E-state index in [2.05, 4.69) is 10.2 Å². The van der Waals surface area contributed by atoms with E-state index >= 15 is 0 Å². The molecule has 1 saturated heterocycles. The van der Waals surface area contributed by atoms with Crippen LogP contribution in [0.1, 0.15) is 36.1 Å². The van der Waals surface area contributed by atoms with Gasteiger partial charge in [0, 0.05) is 6.54 Å². The summed E-state index contributed by atoms with van der Waals surface area (Å²) in [4.78, 5) is 2.32. The molecule has 0 spiro atoms. The van der Waals surface area contributed by atoms with Gasteiger partial charge in [-0.05, 0) is 49.2 Å². The highest BCUT2D eigenvalue weighted by atomic mass is 19.1. The van der Waals surface area contributed by atoms with Gasteiger partial charge in [0.25, 0.3) is 0 Å². The molecule has 4 nitrogen and oxygen atoms in total. The Hall–Kier alpha value is -1.79. The van der Waals surface area contributed by atoms with Crippen LogP contribution in [0.2, 0.25) is 0 Å². The Morgan fingerprint density at radius 1 is 0.962 bits per heavy atom. The van der Waals surface area contributed by atoms with Crippen molar-refractivity contribution in [2.45, 2.75) is 31.0 Å². The lowest BCUT2D eigenvalue weighted by Crippen LogP contribution is -2.46. The van der Waals surface area contributed by atoms with Gasteiger partial charge in [-0.3, -0.25) is 0 Å². The highest BCUT2D eigenvalue weighted by Crippen LogP contribution is 2.23. The van der Waals surface area contributed by atoms with Gasteiger partial charge in [0.1, 0.15) is 5.82 Å². The summed E-state index contributed by atoms with van der Waals surface area (Å²) in [5.74, 6) is -0.317. The van der Waals surface area contributed by atoms with Crippen LogP contribution in [0.3, 0.4) is 0 Å². The molecule has 3 atom stereocenters. The molecular weight excluding hydrogens is 331 g/mol. The molecule has 5 heteroatoms. The minimum Gasteiger partial charge on any atom is -0.394 e. The van der Waals surface area contributed by atoms with Gasteiger partial charge in [0.05, 0.1) is 24.8 Å². The van der Waals surface area contributed by atoms with E-state index in [1.807, 2.05) is 30.3 Å². The predicted molar refractivity (Wildman–Crippen MR) is 100 cm³/mol. The summed E-state index contributed by atoms with van der Waals surface area (Å²) in [6.45, 7) is 2.66. The first-order valence-corrected chi connectivity index (χ1v) is 9.25. The van der Waals surface area contributed by atoms with Gasteiger partial charge < -0.3 is 20.4 Å². The molecule has 1 fully saturated rings. The maximum absolute atomic E-state index is 13.2. The molecule has 0 unspecified atom stereocenters. The lowest BCUT2D eigenvalue weighted by atomic mass is 9.99. The third-order valence-electron chi connectivity index (χ3n) is 5.05. The molecular formula is C21H27FN2O2. The van der Waals surface area contributed by atoms with Crippen LogP contribution >= 0.6 is 0 Å². The largest absolute Gasteiger partial charge is 0.394 e. The van der Waals surface area contributed by atoms with Crippen LogP contribution in [0.5, 0.6) is 0 Å². The zero-order valence-corrected chi connectivity index (χ0v) is 14.9. The normalized spacial score (nSPS) is 18.6. The predicted octanol–water partition coefficient (Wildman–Crippen LogP) is 2.65. The SMILES string of the molecule is OC[C@@H](N[C@H](CN1CCCC1)[C@H](O)c1ccc(F)cc1)c1ccccc1. The summed E-state index contributed by atoms with van der Waals surface area (Å²) in [6.07, 6.45) is 1.55. The first kappa shape index (κ1) is 19.0. The molecule has 0 radical (unpaired) electrons. The summed E-state index contributed by atoms with van der Waals surface area (Å²) in [5, 5.41) is 24.2. The van der Waals surface area contributed by atoms with Gasteiger partial charge >= 0.3 is 0 Å². The standard InChI is InChI=1S/C21H27FN2O2/c22-18-10-8-17(9-11-18)21(26)19(14-24-12-4-5-13-24)23-20(15-25)16-6-2-1-3-7-16/h1-3,6-11,19-21,23,25-26H,4-5,12-15H2/t19-,20-,21-/m1/s1. The first-order valence-electron chi connectivity index (χ1n) is 9.25. The van der Waals surface area contributed by atoms with Crippen LogP contribution in [0, 0.1) is 5.82 Å². The van der Waals surface area contributed by atoms with E-state index in [1.165, 1.54) is 25.0 Å². The van der Waals surface area contributed by atoms with E-state index in [1.54, 1.807) is 12.1 Å². The van der Waals surface area contributed by atoms with E-state index in [0.29, 0.717) is 12.1 Å². The van der Waals surface area contributed by atoms with Crippen molar-refractivity contribution in [2.75, 3.05) is 26.2 Å². The molecule has 0 saturated carbocycles. The number of aliphatic hydroxyl groups excluding tert-OH is 2. The van der Waals surface area contributed by atoms with Crippen LogP contribution < -0.4 is 5.32 Å². The van der Waals surface area contributed by atoms with Crippen molar-refractivity contribution in [3.63, 3.8) is 0 Å². The molecule has 0 amide bonds. The number of nitrogens with one attached hydrogen (secondary N) is 1. The van der Waals surface area contributed by atoms with Crippen molar-refractivity contribution < 1.29 is 14.6 Å². The lowest BCUT2D eigenvalue weighted by molar-refractivity contribution is 0.0915. The number of halogens is 1. The van der Waals surface area contributed by atoms with Crippen LogP contribution in [-0.2, 0) is 0 Å². The van der Waals surface area contributed by atoms with E-state index < -0.39 is 6.10 Å². The summed E-state index contributed by atoms with van der Waals surface area (Å²) >= 11 is 0. The second-order valence-electron chi connectivity index (χ2n) is 6.92. The van der Waals surface area contributed by atoms with Crippen molar-refractivity contribution in [1.82, 2.24) is 10.2 Å². The van der Waals surface area contributed by atoms with E-state index in [-0.39, 0.29) is 24.5 Å². The van der Waals surface area contributed by atoms with Gasteiger partial charge in [0.2, 0.25) is 0 Å². The highest BCUT2D eigenvalue weighted by molar-refractivity contribution is 5.22. The number of aliphatic hydroxyl groups is 2. The second kappa shape index (κ2) is 9.24. The van der Waals surface area contributed by atoms with Crippen LogP contribution in [-0.4, -0.2) is 47.4 Å². The average Bonchev–Trinajstić information content (AvgIpc) is 3.19. The molecule has 1 heterocycles. The van der Waals surface area contributed by atoms with Gasteiger partial charge in [-0.15, -0.1) is 0 Å². The zero-order valence-electron chi connectivity index (χ0n) is 14.9. The number of benzene rings is 2. The van der Waals surface area contributed by atoms with Crippen molar-refractivity contribution in [3.8, 4) is 0 Å². The molecule has 26 heavy (non-hydrogen) atoms. The molecule has 3 N–H and O–H groups in total. The molecule has 2 aromatic rings. The number of hydrogen-bond acceptors (Lipinski definition) is 4. The van der Waals surface area contributed by atoms with Gasteiger partial charge in [0.15, 0.2) is 0 Å². The van der Waals surface area contributed by atoms with Crippen LogP contribution in [0.25, 0.3) is 0 Å². The molecule has 2 aromatic carbocycles. The lowest BCUT2D eigenvalue weighted by Gasteiger charge is -2.32. The fraction of sp³-hybridized carbons (Fsp3) is 0.429. The van der Waals surface area contributed by atoms with Gasteiger partial charge in [-0.1, -0.05) is 42.5 Å². The topological polar surface area (TPSA) is 55.7 Å². The number of rotatable bonds is 8. The maximum atomic E-state index is 13.2. The molecule has 0 bridgehead atoms. The van der Waals surface area contributed by atoms with E-state index in [0.717, 1.165) is 18.7 Å². The quantitative estimate of drug-likeness (QED) is 0.679. The van der Waals surface area contributed by atoms with Crippen molar-refractivity contribution in [3.05, 3.63) is 71.5 Å². The Morgan fingerprint density at radius 3 is 2.23 bits per heavy atom. The summed E-state index contributed by atoms with van der Waals surface area (Å²) < 4.78 is 13.2. The van der Waals surface area contributed by atoms with Crippen LogP contribution in [0.4, 0.5) is 4.39 Å². The Kier molecular flexibility index (Phi) is 6.74. The Morgan fingerprint density at radius 2 is 1.62 bits per heavy atom. The van der Waals surface area contributed by atoms with Crippen molar-refractivity contribution >= 4 is 0 Å². The summed E-state index contributed by atoms with van der Waals surface area (Å²) in [6, 6.07) is 15.2. The highest BCUT2D eigenvalue weighted by Gasteiger charge is 2.27. The fourth-order valence-corrected chi connectivity index (χ4v) is 3.58. The number of hydrogen-bond donors (Lipinski definition) is 3. The Labute approximate surface area is 154 Å². The first-order chi connectivity index (χ1) is 12.7. The fourth-order valence-electron chi connectivity index (χ4n) is 3.58. The Bertz CT molecular complexity index is 659. The molecule has 1 aliphatic heterocycles. The van der Waals surface area contributed by atoms with E-state index in [4.69, 9.17) is 0 Å².